The van der Waals surface area contributed by atoms with Crippen LogP contribution in [0.5, 0.6) is 0 Å². The number of sulfonamides is 1. The standard InChI is InChI=1S/C20H18BrFN4O4S/c1-11-3-7-17(22)15(12(11)2)5-8-18(19-24-25-20(27)30-19)26-31(28,29)14-4-6-16(21)13(9-14)10-23/h3-4,6-7,9,18,26H,5,8H2,1-2H3,(H,25,27)/t18-/m0/s1. The molecule has 31 heavy (non-hydrogen) atoms. The van der Waals surface area contributed by atoms with Gasteiger partial charge >= 0.3 is 5.76 Å². The topological polar surface area (TPSA) is 129 Å². The van der Waals surface area contributed by atoms with Crippen LogP contribution in [0.1, 0.15) is 40.6 Å². The van der Waals surface area contributed by atoms with Crippen molar-refractivity contribution in [3.05, 3.63) is 79.3 Å². The van der Waals surface area contributed by atoms with Crippen LogP contribution in [0.4, 0.5) is 4.39 Å². The van der Waals surface area contributed by atoms with Gasteiger partial charge in [0.2, 0.25) is 15.9 Å². The second kappa shape index (κ2) is 9.13. The molecule has 1 aromatic heterocycles. The predicted molar refractivity (Wildman–Crippen MR) is 113 cm³/mol. The number of aryl methyl sites for hydroxylation is 1. The molecule has 0 aliphatic rings. The molecule has 3 aromatic rings. The lowest BCUT2D eigenvalue weighted by Crippen LogP contribution is -2.29. The zero-order valence-electron chi connectivity index (χ0n) is 16.6. The van der Waals surface area contributed by atoms with E-state index in [4.69, 9.17) is 9.68 Å². The molecule has 162 valence electrons. The third-order valence-corrected chi connectivity index (χ3v) is 7.07. The molecule has 0 amide bonds. The summed E-state index contributed by atoms with van der Waals surface area (Å²) >= 11 is 3.18. The van der Waals surface area contributed by atoms with Crippen LogP contribution in [0.2, 0.25) is 0 Å². The van der Waals surface area contributed by atoms with Gasteiger partial charge < -0.3 is 4.42 Å². The van der Waals surface area contributed by atoms with Gasteiger partial charge in [0, 0.05) is 4.47 Å². The van der Waals surface area contributed by atoms with Gasteiger partial charge in [0.1, 0.15) is 17.9 Å². The van der Waals surface area contributed by atoms with Crippen molar-refractivity contribution in [2.24, 2.45) is 0 Å². The van der Waals surface area contributed by atoms with Gasteiger partial charge in [0.15, 0.2) is 0 Å². The number of hydrogen-bond acceptors (Lipinski definition) is 6. The lowest BCUT2D eigenvalue weighted by atomic mass is 9.97. The molecule has 0 bridgehead atoms. The highest BCUT2D eigenvalue weighted by molar-refractivity contribution is 9.10. The Morgan fingerprint density at radius 3 is 2.71 bits per heavy atom. The van der Waals surface area contributed by atoms with E-state index in [2.05, 4.69) is 30.8 Å². The average molecular weight is 509 g/mol. The molecule has 0 aliphatic carbocycles. The first-order valence-corrected chi connectivity index (χ1v) is 11.4. The summed E-state index contributed by atoms with van der Waals surface area (Å²) < 4.78 is 48.1. The molecule has 0 spiro atoms. The fraction of sp³-hybridized carbons (Fsp3) is 0.250. The van der Waals surface area contributed by atoms with Gasteiger partial charge in [0.25, 0.3) is 0 Å². The number of nitriles is 1. The van der Waals surface area contributed by atoms with E-state index in [0.29, 0.717) is 10.0 Å². The molecule has 0 fully saturated rings. The van der Waals surface area contributed by atoms with Crippen LogP contribution < -0.4 is 10.5 Å². The normalized spacial score (nSPS) is 12.5. The van der Waals surface area contributed by atoms with Crippen LogP contribution in [-0.4, -0.2) is 18.6 Å². The summed E-state index contributed by atoms with van der Waals surface area (Å²) in [5, 5.41) is 15.0. The molecule has 1 heterocycles. The van der Waals surface area contributed by atoms with Crippen LogP contribution in [0.15, 0.2) is 48.9 Å². The van der Waals surface area contributed by atoms with Crippen molar-refractivity contribution in [2.75, 3.05) is 0 Å². The molecular weight excluding hydrogens is 491 g/mol. The zero-order chi connectivity index (χ0) is 22.8. The first-order chi connectivity index (χ1) is 14.6. The van der Waals surface area contributed by atoms with Gasteiger partial charge in [-0.25, -0.2) is 22.7 Å². The van der Waals surface area contributed by atoms with Crippen molar-refractivity contribution in [2.45, 2.75) is 37.6 Å². The minimum Gasteiger partial charge on any atom is -0.391 e. The molecule has 0 aliphatic heterocycles. The van der Waals surface area contributed by atoms with Crippen LogP contribution in [-0.2, 0) is 16.4 Å². The SMILES string of the molecule is Cc1ccc(F)c(CC[C@H](NS(=O)(=O)c2ccc(Br)c(C#N)c2)c2n[nH]c(=O)o2)c1C. The van der Waals surface area contributed by atoms with Crippen LogP contribution >= 0.6 is 15.9 Å². The van der Waals surface area contributed by atoms with Gasteiger partial charge in [-0.05, 0) is 83.6 Å². The number of aromatic amines is 1. The van der Waals surface area contributed by atoms with Crippen LogP contribution in [0, 0.1) is 31.0 Å². The molecule has 11 heteroatoms. The summed E-state index contributed by atoms with van der Waals surface area (Å²) in [6, 6.07) is 7.88. The second-order valence-corrected chi connectivity index (χ2v) is 9.45. The zero-order valence-corrected chi connectivity index (χ0v) is 19.0. The van der Waals surface area contributed by atoms with Gasteiger partial charge in [-0.2, -0.15) is 9.98 Å². The van der Waals surface area contributed by atoms with Gasteiger partial charge in [0.05, 0.1) is 10.5 Å². The Hall–Kier alpha value is -2.81. The Balaban J connectivity index is 1.93. The third kappa shape index (κ3) is 5.10. The Bertz CT molecular complexity index is 1330. The highest BCUT2D eigenvalue weighted by Gasteiger charge is 2.26. The first kappa shape index (κ1) is 22.9. The van der Waals surface area contributed by atoms with Crippen molar-refractivity contribution >= 4 is 26.0 Å². The van der Waals surface area contributed by atoms with E-state index < -0.39 is 27.6 Å². The Morgan fingerprint density at radius 1 is 1.32 bits per heavy atom. The molecule has 2 N–H and O–H groups in total. The van der Waals surface area contributed by atoms with E-state index in [1.165, 1.54) is 24.3 Å². The summed E-state index contributed by atoms with van der Waals surface area (Å²) in [5.74, 6) is -1.41. The van der Waals surface area contributed by atoms with Crippen LogP contribution in [0.25, 0.3) is 0 Å². The Kier molecular flexibility index (Phi) is 6.74. The number of benzene rings is 2. The lowest BCUT2D eigenvalue weighted by Gasteiger charge is -2.17. The quantitative estimate of drug-likeness (QED) is 0.503. The summed E-state index contributed by atoms with van der Waals surface area (Å²) in [4.78, 5) is 11.3. The highest BCUT2D eigenvalue weighted by atomic mass is 79.9. The average Bonchev–Trinajstić information content (AvgIpc) is 3.16. The largest absolute Gasteiger partial charge is 0.434 e. The van der Waals surface area contributed by atoms with E-state index in [1.54, 1.807) is 13.0 Å². The summed E-state index contributed by atoms with van der Waals surface area (Å²) in [5.41, 5.74) is 2.25. The maximum absolute atomic E-state index is 14.3. The van der Waals surface area contributed by atoms with E-state index in [9.17, 15) is 17.6 Å². The van der Waals surface area contributed by atoms with Gasteiger partial charge in [-0.1, -0.05) is 6.07 Å². The molecule has 0 saturated heterocycles. The van der Waals surface area contributed by atoms with Crippen molar-refractivity contribution in [3.8, 4) is 6.07 Å². The van der Waals surface area contributed by atoms with Crippen molar-refractivity contribution < 1.29 is 17.2 Å². The molecule has 8 nitrogen and oxygen atoms in total. The number of rotatable bonds is 7. The Morgan fingerprint density at radius 2 is 2.06 bits per heavy atom. The summed E-state index contributed by atoms with van der Waals surface area (Å²) in [6.45, 7) is 3.64. The predicted octanol–water partition coefficient (Wildman–Crippen LogP) is 3.41. The number of nitrogens with zero attached hydrogens (tertiary/aromatic N) is 2. The minimum absolute atomic E-state index is 0.0792. The minimum atomic E-state index is -4.11. The molecule has 0 saturated carbocycles. The first-order valence-electron chi connectivity index (χ1n) is 9.14. The number of nitrogens with one attached hydrogen (secondary N) is 2. The van der Waals surface area contributed by atoms with E-state index in [1.807, 2.05) is 13.0 Å². The fourth-order valence-corrected chi connectivity index (χ4v) is 4.66. The number of hydrogen-bond donors (Lipinski definition) is 2. The maximum atomic E-state index is 14.3. The second-order valence-electron chi connectivity index (χ2n) is 6.89. The van der Waals surface area contributed by atoms with Crippen molar-refractivity contribution in [1.82, 2.24) is 14.9 Å². The van der Waals surface area contributed by atoms with E-state index in [0.717, 1.165) is 11.1 Å². The van der Waals surface area contributed by atoms with E-state index in [-0.39, 0.29) is 29.2 Å². The number of aromatic nitrogens is 2. The van der Waals surface area contributed by atoms with Gasteiger partial charge in [-0.3, -0.25) is 0 Å². The Labute approximate surface area is 186 Å². The molecule has 3 rings (SSSR count). The van der Waals surface area contributed by atoms with Gasteiger partial charge in [-0.15, -0.1) is 5.10 Å². The molecular formula is C20H18BrFN4O4S. The third-order valence-electron chi connectivity index (χ3n) is 4.91. The van der Waals surface area contributed by atoms with E-state index >= 15 is 0 Å². The summed E-state index contributed by atoms with van der Waals surface area (Å²) in [7, 11) is -4.11. The smallest absolute Gasteiger partial charge is 0.391 e. The number of H-pyrrole nitrogens is 1. The molecule has 0 unspecified atom stereocenters. The summed E-state index contributed by atoms with van der Waals surface area (Å²) in [6.07, 6.45) is 0.253. The maximum Gasteiger partial charge on any atom is 0.434 e. The van der Waals surface area contributed by atoms with Crippen molar-refractivity contribution in [1.29, 1.82) is 5.26 Å². The number of halogens is 2. The lowest BCUT2D eigenvalue weighted by molar-refractivity contribution is 0.395. The fourth-order valence-electron chi connectivity index (χ4n) is 3.07. The molecule has 2 aromatic carbocycles. The van der Waals surface area contributed by atoms with Crippen molar-refractivity contribution in [3.63, 3.8) is 0 Å². The van der Waals surface area contributed by atoms with Crippen LogP contribution in [0.3, 0.4) is 0 Å². The monoisotopic (exact) mass is 508 g/mol. The molecule has 0 radical (unpaired) electrons. The molecule has 1 atom stereocenters. The highest BCUT2D eigenvalue weighted by Crippen LogP contribution is 2.25.